The number of nitrogens with two attached hydrogens (primary N) is 1. The summed E-state index contributed by atoms with van der Waals surface area (Å²) < 4.78 is 0. The molecule has 1 atom stereocenters. The summed E-state index contributed by atoms with van der Waals surface area (Å²) in [6.07, 6.45) is 15.3. The quantitative estimate of drug-likeness (QED) is 0.330. The zero-order chi connectivity index (χ0) is 15.3. The maximum absolute atomic E-state index is 5.67. The largest absolute Gasteiger partial charge is 0.271 e. The molecule has 120 valence electrons. The lowest BCUT2D eigenvalue weighted by Crippen LogP contribution is -2.28. The van der Waals surface area contributed by atoms with E-state index in [0.29, 0.717) is 0 Å². The molecule has 3 heteroatoms. The van der Waals surface area contributed by atoms with Crippen molar-refractivity contribution in [2.75, 3.05) is 0 Å². The number of unbranched alkanes of at least 4 members (excludes halogenated alkanes) is 8. The summed E-state index contributed by atoms with van der Waals surface area (Å²) in [7, 11) is 0. The zero-order valence-electron chi connectivity index (χ0n) is 13.9. The Morgan fingerprint density at radius 1 is 1.00 bits per heavy atom. The van der Waals surface area contributed by atoms with Crippen LogP contribution in [0.3, 0.4) is 0 Å². The third kappa shape index (κ3) is 8.18. The van der Waals surface area contributed by atoms with Gasteiger partial charge in [-0.25, -0.2) is 0 Å². The highest BCUT2D eigenvalue weighted by molar-refractivity contribution is 5.16. The first-order valence-corrected chi connectivity index (χ1v) is 8.66. The van der Waals surface area contributed by atoms with Crippen LogP contribution in [0.4, 0.5) is 0 Å². The Hall–Kier alpha value is -0.930. The van der Waals surface area contributed by atoms with Crippen molar-refractivity contribution in [2.45, 2.75) is 84.1 Å². The van der Waals surface area contributed by atoms with E-state index in [1.165, 1.54) is 63.4 Å². The maximum Gasteiger partial charge on any atom is 0.0475 e. The molecule has 0 aliphatic carbocycles. The predicted octanol–water partition coefficient (Wildman–Crippen LogP) is 4.82. The number of pyridine rings is 1. The average molecular weight is 291 g/mol. The third-order valence-corrected chi connectivity index (χ3v) is 4.13. The molecule has 0 fully saturated rings. The number of nitrogens with zero attached hydrogens (tertiary/aromatic N) is 1. The Kier molecular flexibility index (Phi) is 10.1. The molecule has 1 unspecified atom stereocenters. The van der Waals surface area contributed by atoms with Gasteiger partial charge in [0.25, 0.3) is 0 Å². The van der Waals surface area contributed by atoms with E-state index in [9.17, 15) is 0 Å². The number of hydrazine groups is 1. The van der Waals surface area contributed by atoms with Crippen molar-refractivity contribution in [1.82, 2.24) is 10.4 Å². The van der Waals surface area contributed by atoms with E-state index < -0.39 is 0 Å². The lowest BCUT2D eigenvalue weighted by atomic mass is 10.0. The highest BCUT2D eigenvalue weighted by atomic mass is 15.2. The van der Waals surface area contributed by atoms with Gasteiger partial charge in [0, 0.05) is 17.9 Å². The summed E-state index contributed by atoms with van der Waals surface area (Å²) in [5.74, 6) is 5.67. The van der Waals surface area contributed by atoms with Crippen LogP contribution in [-0.4, -0.2) is 4.98 Å². The molecule has 1 aromatic rings. The van der Waals surface area contributed by atoms with Crippen molar-refractivity contribution >= 4 is 0 Å². The fourth-order valence-electron chi connectivity index (χ4n) is 2.69. The second-order valence-electron chi connectivity index (χ2n) is 6.07. The number of nitrogens with one attached hydrogen (secondary N) is 1. The Labute approximate surface area is 130 Å². The van der Waals surface area contributed by atoms with Gasteiger partial charge in [-0.1, -0.05) is 70.8 Å². The summed E-state index contributed by atoms with van der Waals surface area (Å²) in [6, 6.07) is 4.42. The van der Waals surface area contributed by atoms with Crippen LogP contribution >= 0.6 is 0 Å². The third-order valence-electron chi connectivity index (χ3n) is 4.13. The summed E-state index contributed by atoms with van der Waals surface area (Å²) in [5, 5.41) is 0. The van der Waals surface area contributed by atoms with Gasteiger partial charge in [0.2, 0.25) is 0 Å². The number of hydrogen-bond donors (Lipinski definition) is 2. The molecule has 3 N–H and O–H groups in total. The van der Waals surface area contributed by atoms with Gasteiger partial charge in [0.1, 0.15) is 0 Å². The smallest absolute Gasteiger partial charge is 0.0475 e. The van der Waals surface area contributed by atoms with Gasteiger partial charge in [-0.15, -0.1) is 0 Å². The van der Waals surface area contributed by atoms with Crippen molar-refractivity contribution < 1.29 is 0 Å². The Morgan fingerprint density at radius 2 is 1.62 bits per heavy atom. The van der Waals surface area contributed by atoms with Crippen LogP contribution in [0.2, 0.25) is 0 Å². The van der Waals surface area contributed by atoms with Crippen molar-refractivity contribution in [3.63, 3.8) is 0 Å². The number of rotatable bonds is 12. The highest BCUT2D eigenvalue weighted by Gasteiger charge is 2.09. The minimum absolute atomic E-state index is 0.239. The molecular formula is C18H33N3. The average Bonchev–Trinajstić information content (AvgIpc) is 2.51. The molecular weight excluding hydrogens is 258 g/mol. The van der Waals surface area contributed by atoms with Crippen molar-refractivity contribution in [3.8, 4) is 0 Å². The fraction of sp³-hybridized carbons (Fsp3) is 0.722. The first-order valence-electron chi connectivity index (χ1n) is 8.66. The van der Waals surface area contributed by atoms with E-state index in [-0.39, 0.29) is 6.04 Å². The number of aromatic nitrogens is 1. The second-order valence-corrected chi connectivity index (χ2v) is 6.07. The molecule has 1 heterocycles. The van der Waals surface area contributed by atoms with Gasteiger partial charge < -0.3 is 0 Å². The van der Waals surface area contributed by atoms with Gasteiger partial charge in [-0.3, -0.25) is 16.3 Å². The molecule has 0 saturated heterocycles. The second kappa shape index (κ2) is 11.7. The Balaban J connectivity index is 2.08. The molecule has 1 aromatic heterocycles. The standard InChI is InChI=1S/C18H33N3/c1-3-4-5-6-7-8-9-10-11-12-18(21-19)17-14-13-16(2)20-15-17/h13-15,18,21H,3-12,19H2,1-2H3. The number of hydrogen-bond acceptors (Lipinski definition) is 3. The summed E-state index contributed by atoms with van der Waals surface area (Å²) >= 11 is 0. The molecule has 21 heavy (non-hydrogen) atoms. The van der Waals surface area contributed by atoms with E-state index >= 15 is 0 Å². The van der Waals surface area contributed by atoms with E-state index in [2.05, 4.69) is 29.5 Å². The van der Waals surface area contributed by atoms with E-state index in [1.54, 1.807) is 0 Å². The van der Waals surface area contributed by atoms with E-state index in [4.69, 9.17) is 5.84 Å². The van der Waals surface area contributed by atoms with Gasteiger partial charge in [0.15, 0.2) is 0 Å². The van der Waals surface area contributed by atoms with Crippen molar-refractivity contribution in [2.24, 2.45) is 5.84 Å². The van der Waals surface area contributed by atoms with Crippen molar-refractivity contribution in [1.29, 1.82) is 0 Å². The van der Waals surface area contributed by atoms with Crippen molar-refractivity contribution in [3.05, 3.63) is 29.6 Å². The minimum Gasteiger partial charge on any atom is -0.271 e. The van der Waals surface area contributed by atoms with Crippen LogP contribution in [0.5, 0.6) is 0 Å². The zero-order valence-corrected chi connectivity index (χ0v) is 13.9. The van der Waals surface area contributed by atoms with Gasteiger partial charge in [0.05, 0.1) is 0 Å². The maximum atomic E-state index is 5.67. The molecule has 1 rings (SSSR count). The van der Waals surface area contributed by atoms with Crippen LogP contribution in [0.25, 0.3) is 0 Å². The molecule has 3 nitrogen and oxygen atoms in total. The van der Waals surface area contributed by atoms with Crippen LogP contribution in [0, 0.1) is 6.92 Å². The molecule has 0 aliphatic rings. The van der Waals surface area contributed by atoms with Gasteiger partial charge >= 0.3 is 0 Å². The molecule has 0 bridgehead atoms. The molecule has 0 aromatic carbocycles. The lowest BCUT2D eigenvalue weighted by molar-refractivity contribution is 0.473. The molecule has 0 aliphatic heterocycles. The fourth-order valence-corrected chi connectivity index (χ4v) is 2.69. The first-order chi connectivity index (χ1) is 10.3. The van der Waals surface area contributed by atoms with E-state index in [1.807, 2.05) is 13.1 Å². The number of aryl methyl sites for hydroxylation is 1. The van der Waals surface area contributed by atoms with Crippen LogP contribution in [0.1, 0.15) is 88.4 Å². The molecule has 0 spiro atoms. The topological polar surface area (TPSA) is 50.9 Å². The normalized spacial score (nSPS) is 12.5. The summed E-state index contributed by atoms with van der Waals surface area (Å²) in [5.41, 5.74) is 5.17. The predicted molar refractivity (Wildman–Crippen MR) is 90.9 cm³/mol. The van der Waals surface area contributed by atoms with Gasteiger partial charge in [-0.05, 0) is 25.0 Å². The Morgan fingerprint density at radius 3 is 2.14 bits per heavy atom. The SMILES string of the molecule is CCCCCCCCCCCC(NN)c1ccc(C)nc1. The van der Waals surface area contributed by atoms with Crippen LogP contribution < -0.4 is 11.3 Å². The minimum atomic E-state index is 0.239. The first kappa shape index (κ1) is 18.1. The van der Waals surface area contributed by atoms with E-state index in [0.717, 1.165) is 12.1 Å². The summed E-state index contributed by atoms with van der Waals surface area (Å²) in [6.45, 7) is 4.28. The lowest BCUT2D eigenvalue weighted by Gasteiger charge is -2.16. The van der Waals surface area contributed by atoms with Gasteiger partial charge in [-0.2, -0.15) is 0 Å². The molecule has 0 radical (unpaired) electrons. The molecule has 0 saturated carbocycles. The van der Waals surface area contributed by atoms with Crippen LogP contribution in [-0.2, 0) is 0 Å². The van der Waals surface area contributed by atoms with Crippen LogP contribution in [0.15, 0.2) is 18.3 Å². The Bertz CT molecular complexity index is 348. The summed E-state index contributed by atoms with van der Waals surface area (Å²) in [4.78, 5) is 4.35. The monoisotopic (exact) mass is 291 g/mol. The highest BCUT2D eigenvalue weighted by Crippen LogP contribution is 2.19. The molecule has 0 amide bonds.